The molecule has 2 N–H and O–H groups in total. The van der Waals surface area contributed by atoms with Gasteiger partial charge in [0.1, 0.15) is 5.82 Å². The molecule has 0 aromatic heterocycles. The summed E-state index contributed by atoms with van der Waals surface area (Å²) in [4.78, 5) is 0. The number of rotatable bonds is 1. The van der Waals surface area contributed by atoms with E-state index in [1.165, 1.54) is 6.07 Å². The molecule has 0 spiro atoms. The average molecular weight is 250 g/mol. The van der Waals surface area contributed by atoms with Crippen molar-refractivity contribution in [3.8, 4) is 11.1 Å². The van der Waals surface area contributed by atoms with E-state index in [0.717, 1.165) is 16.7 Å². The molecule has 0 aliphatic carbocycles. The fraction of sp³-hybridized carbons (Fsp3) is 0.143. The topological polar surface area (TPSA) is 26.0 Å². The highest BCUT2D eigenvalue weighted by Gasteiger charge is 2.09. The Morgan fingerprint density at radius 1 is 1.00 bits per heavy atom. The molecule has 0 aliphatic heterocycles. The third kappa shape index (κ3) is 2.27. The third-order valence-corrected chi connectivity index (χ3v) is 3.10. The minimum Gasteiger partial charge on any atom is -0.399 e. The summed E-state index contributed by atoms with van der Waals surface area (Å²) in [6.07, 6.45) is 0. The maximum absolute atomic E-state index is 13.3. The summed E-state index contributed by atoms with van der Waals surface area (Å²) < 4.78 is 13.3. The van der Waals surface area contributed by atoms with Crippen LogP contribution in [-0.2, 0) is 0 Å². The van der Waals surface area contributed by atoms with Crippen LogP contribution in [0.25, 0.3) is 11.1 Å². The number of nitrogen functional groups attached to an aromatic ring is 1. The van der Waals surface area contributed by atoms with Gasteiger partial charge in [0.25, 0.3) is 0 Å². The summed E-state index contributed by atoms with van der Waals surface area (Å²) in [5.74, 6) is -0.285. The van der Waals surface area contributed by atoms with Crippen LogP contribution in [0.1, 0.15) is 11.1 Å². The lowest BCUT2D eigenvalue weighted by atomic mass is 9.98. The molecule has 17 heavy (non-hydrogen) atoms. The van der Waals surface area contributed by atoms with Gasteiger partial charge in [-0.3, -0.25) is 0 Å². The van der Waals surface area contributed by atoms with E-state index in [1.807, 2.05) is 25.1 Å². The minimum absolute atomic E-state index is 0.285. The number of aryl methyl sites for hydroxylation is 2. The average Bonchev–Trinajstić information content (AvgIpc) is 2.24. The van der Waals surface area contributed by atoms with Gasteiger partial charge in [-0.05, 0) is 54.8 Å². The summed E-state index contributed by atoms with van der Waals surface area (Å²) in [6, 6.07) is 8.71. The highest BCUT2D eigenvalue weighted by molar-refractivity contribution is 6.33. The normalized spacial score (nSPS) is 10.6. The van der Waals surface area contributed by atoms with Crippen molar-refractivity contribution < 1.29 is 4.39 Å². The first-order valence-electron chi connectivity index (χ1n) is 5.31. The summed E-state index contributed by atoms with van der Waals surface area (Å²) >= 11 is 6.08. The van der Waals surface area contributed by atoms with Gasteiger partial charge in [-0.1, -0.05) is 17.7 Å². The van der Waals surface area contributed by atoms with Crippen molar-refractivity contribution in [1.82, 2.24) is 0 Å². The lowest BCUT2D eigenvalue weighted by molar-refractivity contribution is 0.619. The summed E-state index contributed by atoms with van der Waals surface area (Å²) in [5, 5.41) is 0.418. The molecule has 0 saturated carbocycles. The van der Waals surface area contributed by atoms with Gasteiger partial charge < -0.3 is 5.73 Å². The van der Waals surface area contributed by atoms with E-state index >= 15 is 0 Å². The monoisotopic (exact) mass is 249 g/mol. The molecule has 1 nitrogen and oxygen atoms in total. The van der Waals surface area contributed by atoms with Gasteiger partial charge in [-0.2, -0.15) is 0 Å². The van der Waals surface area contributed by atoms with Crippen LogP contribution in [0.4, 0.5) is 10.1 Å². The Bertz CT molecular complexity index is 579. The standard InChI is InChI=1S/C14H13ClFN/c1-8-5-10(17)3-4-11(8)12-6-9(2)14(16)7-13(12)15/h3-7H,17H2,1-2H3. The van der Waals surface area contributed by atoms with Gasteiger partial charge in [-0.25, -0.2) is 4.39 Å². The van der Waals surface area contributed by atoms with Gasteiger partial charge in [0.15, 0.2) is 0 Å². The van der Waals surface area contributed by atoms with Crippen LogP contribution in [-0.4, -0.2) is 0 Å². The van der Waals surface area contributed by atoms with Crippen molar-refractivity contribution in [1.29, 1.82) is 0 Å². The summed E-state index contributed by atoms with van der Waals surface area (Å²) in [7, 11) is 0. The Morgan fingerprint density at radius 2 is 1.71 bits per heavy atom. The lowest BCUT2D eigenvalue weighted by Gasteiger charge is -2.10. The number of anilines is 1. The second-order valence-corrected chi connectivity index (χ2v) is 4.56. The lowest BCUT2D eigenvalue weighted by Crippen LogP contribution is -1.91. The molecule has 0 radical (unpaired) electrons. The van der Waals surface area contributed by atoms with Crippen LogP contribution >= 0.6 is 11.6 Å². The predicted molar refractivity (Wildman–Crippen MR) is 70.7 cm³/mol. The molecule has 0 amide bonds. The zero-order valence-electron chi connectivity index (χ0n) is 9.72. The van der Waals surface area contributed by atoms with Gasteiger partial charge in [0, 0.05) is 11.3 Å². The maximum atomic E-state index is 13.3. The fourth-order valence-electron chi connectivity index (χ4n) is 1.85. The third-order valence-electron chi connectivity index (χ3n) is 2.79. The van der Waals surface area contributed by atoms with Crippen LogP contribution in [0.3, 0.4) is 0 Å². The molecule has 0 heterocycles. The van der Waals surface area contributed by atoms with E-state index in [-0.39, 0.29) is 5.82 Å². The molecule has 88 valence electrons. The van der Waals surface area contributed by atoms with Gasteiger partial charge in [0.2, 0.25) is 0 Å². The Hall–Kier alpha value is -1.54. The second-order valence-electron chi connectivity index (χ2n) is 4.16. The van der Waals surface area contributed by atoms with Crippen molar-refractivity contribution in [2.45, 2.75) is 13.8 Å². The number of nitrogens with two attached hydrogens (primary N) is 1. The molecule has 0 atom stereocenters. The van der Waals surface area contributed by atoms with Crippen LogP contribution in [0, 0.1) is 19.7 Å². The zero-order chi connectivity index (χ0) is 12.6. The van der Waals surface area contributed by atoms with Crippen molar-refractivity contribution in [3.05, 3.63) is 52.3 Å². The molecule has 0 fully saturated rings. The first-order valence-corrected chi connectivity index (χ1v) is 5.69. The number of hydrogen-bond acceptors (Lipinski definition) is 1. The fourth-order valence-corrected chi connectivity index (χ4v) is 2.10. The van der Waals surface area contributed by atoms with E-state index in [4.69, 9.17) is 17.3 Å². The molecular formula is C14H13ClFN. The van der Waals surface area contributed by atoms with E-state index in [0.29, 0.717) is 16.3 Å². The Kier molecular flexibility index (Phi) is 3.07. The second kappa shape index (κ2) is 4.38. The predicted octanol–water partition coefficient (Wildman–Crippen LogP) is 4.35. The summed E-state index contributed by atoms with van der Waals surface area (Å²) in [5.41, 5.74) is 9.84. The van der Waals surface area contributed by atoms with Crippen LogP contribution in [0.5, 0.6) is 0 Å². The van der Waals surface area contributed by atoms with Crippen molar-refractivity contribution in [2.75, 3.05) is 5.73 Å². The molecule has 2 rings (SSSR count). The first kappa shape index (κ1) is 11.9. The van der Waals surface area contributed by atoms with Crippen molar-refractivity contribution in [3.63, 3.8) is 0 Å². The molecule has 0 saturated heterocycles. The Labute approximate surface area is 105 Å². The minimum atomic E-state index is -0.285. The quantitative estimate of drug-likeness (QED) is 0.748. The van der Waals surface area contributed by atoms with Gasteiger partial charge in [-0.15, -0.1) is 0 Å². The largest absolute Gasteiger partial charge is 0.399 e. The van der Waals surface area contributed by atoms with Crippen LogP contribution in [0.2, 0.25) is 5.02 Å². The highest BCUT2D eigenvalue weighted by Crippen LogP contribution is 2.33. The number of hydrogen-bond donors (Lipinski definition) is 1. The Balaban J connectivity index is 2.64. The molecule has 0 bridgehead atoms. The van der Waals surface area contributed by atoms with Gasteiger partial charge >= 0.3 is 0 Å². The summed E-state index contributed by atoms with van der Waals surface area (Å²) in [6.45, 7) is 3.68. The van der Waals surface area contributed by atoms with E-state index in [2.05, 4.69) is 0 Å². The highest BCUT2D eigenvalue weighted by atomic mass is 35.5. The first-order chi connectivity index (χ1) is 7.99. The SMILES string of the molecule is Cc1cc(-c2ccc(N)cc2C)c(Cl)cc1F. The number of halogens is 2. The molecule has 0 unspecified atom stereocenters. The van der Waals surface area contributed by atoms with E-state index in [1.54, 1.807) is 13.0 Å². The van der Waals surface area contributed by atoms with E-state index in [9.17, 15) is 4.39 Å². The van der Waals surface area contributed by atoms with Gasteiger partial charge in [0.05, 0.1) is 5.02 Å². The number of benzene rings is 2. The van der Waals surface area contributed by atoms with Crippen molar-refractivity contribution >= 4 is 17.3 Å². The maximum Gasteiger partial charge on any atom is 0.127 e. The molecule has 2 aromatic carbocycles. The molecule has 3 heteroatoms. The van der Waals surface area contributed by atoms with Crippen LogP contribution < -0.4 is 5.73 Å². The molecule has 0 aliphatic rings. The Morgan fingerprint density at radius 3 is 2.35 bits per heavy atom. The smallest absolute Gasteiger partial charge is 0.127 e. The van der Waals surface area contributed by atoms with Crippen LogP contribution in [0.15, 0.2) is 30.3 Å². The zero-order valence-corrected chi connectivity index (χ0v) is 10.5. The van der Waals surface area contributed by atoms with E-state index < -0.39 is 0 Å². The van der Waals surface area contributed by atoms with Crippen molar-refractivity contribution in [2.24, 2.45) is 0 Å². The molecular weight excluding hydrogens is 237 g/mol. The molecule has 2 aromatic rings.